The summed E-state index contributed by atoms with van der Waals surface area (Å²) in [6.07, 6.45) is 1.78. The predicted octanol–water partition coefficient (Wildman–Crippen LogP) is 2.56. The minimum Gasteiger partial charge on any atom is -0.388 e. The molecule has 1 heterocycles. The fourth-order valence-corrected chi connectivity index (χ4v) is 2.80. The van der Waals surface area contributed by atoms with Crippen molar-refractivity contribution in [3.8, 4) is 0 Å². The summed E-state index contributed by atoms with van der Waals surface area (Å²) in [5.74, 6) is 0.678. The number of nitrogens with zero attached hydrogens (tertiary/aromatic N) is 2. The van der Waals surface area contributed by atoms with Gasteiger partial charge in [0.2, 0.25) is 0 Å². The highest BCUT2D eigenvalue weighted by Crippen LogP contribution is 2.41. The summed E-state index contributed by atoms with van der Waals surface area (Å²) >= 11 is 1.31. The standard InChI is InChI=1S/C11H16N2O3S/c1-7(14)10-5-9(13(15)16)11(17-10)12(2)6-8-3-4-8/h5,7-8,14H,3-4,6H2,1-2H3. The highest BCUT2D eigenvalue weighted by molar-refractivity contribution is 7.16. The first-order chi connectivity index (χ1) is 7.99. The Balaban J connectivity index is 2.25. The molecule has 6 heteroatoms. The first-order valence-corrected chi connectivity index (χ1v) is 6.48. The van der Waals surface area contributed by atoms with E-state index in [1.807, 2.05) is 11.9 Å². The van der Waals surface area contributed by atoms with Crippen LogP contribution in [0.3, 0.4) is 0 Å². The number of thiophene rings is 1. The molecule has 1 atom stereocenters. The van der Waals surface area contributed by atoms with Crippen molar-refractivity contribution in [2.45, 2.75) is 25.9 Å². The quantitative estimate of drug-likeness (QED) is 0.649. The highest BCUT2D eigenvalue weighted by atomic mass is 32.1. The van der Waals surface area contributed by atoms with Gasteiger partial charge in [-0.05, 0) is 25.7 Å². The van der Waals surface area contributed by atoms with E-state index in [1.54, 1.807) is 6.92 Å². The van der Waals surface area contributed by atoms with E-state index in [2.05, 4.69) is 0 Å². The molecule has 2 rings (SSSR count). The SMILES string of the molecule is CC(O)c1cc([N+](=O)[O-])c(N(C)CC2CC2)s1. The number of anilines is 1. The molecule has 1 fully saturated rings. The van der Waals surface area contributed by atoms with Crippen molar-refractivity contribution in [2.75, 3.05) is 18.5 Å². The second-order valence-corrected chi connectivity index (χ2v) is 5.66. The van der Waals surface area contributed by atoms with Gasteiger partial charge >= 0.3 is 5.69 Å². The third-order valence-electron chi connectivity index (χ3n) is 2.90. The van der Waals surface area contributed by atoms with Crippen molar-refractivity contribution < 1.29 is 10.0 Å². The summed E-state index contributed by atoms with van der Waals surface area (Å²) in [5.41, 5.74) is 0.106. The lowest BCUT2D eigenvalue weighted by Crippen LogP contribution is -2.19. The molecule has 0 saturated heterocycles. The highest BCUT2D eigenvalue weighted by Gasteiger charge is 2.28. The van der Waals surface area contributed by atoms with Crippen molar-refractivity contribution in [3.05, 3.63) is 21.1 Å². The molecular formula is C11H16N2O3S. The van der Waals surface area contributed by atoms with E-state index >= 15 is 0 Å². The maximum absolute atomic E-state index is 11.0. The summed E-state index contributed by atoms with van der Waals surface area (Å²) < 4.78 is 0. The Morgan fingerprint density at radius 3 is 2.82 bits per heavy atom. The first-order valence-electron chi connectivity index (χ1n) is 5.66. The zero-order valence-electron chi connectivity index (χ0n) is 9.92. The smallest absolute Gasteiger partial charge is 0.304 e. The van der Waals surface area contributed by atoms with Gasteiger partial charge < -0.3 is 10.0 Å². The van der Waals surface area contributed by atoms with Crippen LogP contribution in [0.25, 0.3) is 0 Å². The zero-order valence-corrected chi connectivity index (χ0v) is 10.7. The molecule has 1 aromatic rings. The van der Waals surface area contributed by atoms with E-state index in [0.717, 1.165) is 6.54 Å². The molecule has 1 N–H and O–H groups in total. The van der Waals surface area contributed by atoms with Crippen LogP contribution < -0.4 is 4.90 Å². The molecular weight excluding hydrogens is 240 g/mol. The predicted molar refractivity (Wildman–Crippen MR) is 67.6 cm³/mol. The van der Waals surface area contributed by atoms with E-state index < -0.39 is 6.10 Å². The lowest BCUT2D eigenvalue weighted by Gasteiger charge is -2.15. The first kappa shape index (κ1) is 12.3. The fraction of sp³-hybridized carbons (Fsp3) is 0.636. The average Bonchev–Trinajstić information content (AvgIpc) is 2.93. The second kappa shape index (κ2) is 4.62. The molecule has 1 aliphatic rings. The minimum absolute atomic E-state index is 0.106. The maximum Gasteiger partial charge on any atom is 0.304 e. The summed E-state index contributed by atoms with van der Waals surface area (Å²) in [6.45, 7) is 2.49. The molecule has 1 unspecified atom stereocenters. The van der Waals surface area contributed by atoms with Crippen LogP contribution in [0.5, 0.6) is 0 Å². The summed E-state index contributed by atoms with van der Waals surface area (Å²) in [6, 6.07) is 1.48. The monoisotopic (exact) mass is 256 g/mol. The Kier molecular flexibility index (Phi) is 3.35. The summed E-state index contributed by atoms with van der Waals surface area (Å²) in [5, 5.41) is 21.1. The largest absolute Gasteiger partial charge is 0.388 e. The Labute approximate surface area is 104 Å². The molecule has 0 radical (unpaired) electrons. The van der Waals surface area contributed by atoms with Crippen LogP contribution >= 0.6 is 11.3 Å². The van der Waals surface area contributed by atoms with E-state index in [0.29, 0.717) is 15.8 Å². The van der Waals surface area contributed by atoms with Gasteiger partial charge in [-0.1, -0.05) is 0 Å². The molecule has 94 valence electrons. The summed E-state index contributed by atoms with van der Waals surface area (Å²) in [4.78, 5) is 13.2. The van der Waals surface area contributed by atoms with E-state index in [4.69, 9.17) is 0 Å². The third-order valence-corrected chi connectivity index (χ3v) is 4.31. The zero-order chi connectivity index (χ0) is 12.6. The Morgan fingerprint density at radius 1 is 1.71 bits per heavy atom. The Morgan fingerprint density at radius 2 is 2.35 bits per heavy atom. The Bertz CT molecular complexity index is 426. The lowest BCUT2D eigenvalue weighted by atomic mass is 10.3. The third kappa shape index (κ3) is 2.76. The van der Waals surface area contributed by atoms with Gasteiger partial charge in [-0.25, -0.2) is 0 Å². The molecule has 0 spiro atoms. The molecule has 0 bridgehead atoms. The van der Waals surface area contributed by atoms with Crippen LogP contribution in [0.4, 0.5) is 10.7 Å². The van der Waals surface area contributed by atoms with Crippen molar-refractivity contribution in [1.29, 1.82) is 0 Å². The number of aliphatic hydroxyl groups is 1. The fourth-order valence-electron chi connectivity index (χ4n) is 1.77. The van der Waals surface area contributed by atoms with Crippen LogP contribution in [0.15, 0.2) is 6.07 Å². The molecule has 0 aliphatic heterocycles. The van der Waals surface area contributed by atoms with Crippen LogP contribution in [0.1, 0.15) is 30.7 Å². The number of rotatable bonds is 5. The van der Waals surface area contributed by atoms with Gasteiger partial charge in [-0.2, -0.15) is 0 Å². The van der Waals surface area contributed by atoms with Gasteiger partial charge in [0.15, 0.2) is 5.00 Å². The van der Waals surface area contributed by atoms with Gasteiger partial charge in [0.1, 0.15) is 0 Å². The van der Waals surface area contributed by atoms with Gasteiger partial charge in [0, 0.05) is 24.5 Å². The van der Waals surface area contributed by atoms with Gasteiger partial charge in [0.05, 0.1) is 11.0 Å². The Hall–Kier alpha value is -1.14. The average molecular weight is 256 g/mol. The number of hydrogen-bond donors (Lipinski definition) is 1. The van der Waals surface area contributed by atoms with E-state index in [9.17, 15) is 15.2 Å². The van der Waals surface area contributed by atoms with Crippen molar-refractivity contribution in [1.82, 2.24) is 0 Å². The van der Waals surface area contributed by atoms with Gasteiger partial charge in [-0.15, -0.1) is 11.3 Å². The van der Waals surface area contributed by atoms with Crippen molar-refractivity contribution in [3.63, 3.8) is 0 Å². The minimum atomic E-state index is -0.651. The molecule has 17 heavy (non-hydrogen) atoms. The van der Waals surface area contributed by atoms with E-state index in [-0.39, 0.29) is 10.6 Å². The summed E-state index contributed by atoms with van der Waals surface area (Å²) in [7, 11) is 1.88. The topological polar surface area (TPSA) is 66.6 Å². The van der Waals surface area contributed by atoms with Crippen LogP contribution in [-0.2, 0) is 0 Å². The molecule has 0 amide bonds. The van der Waals surface area contributed by atoms with Crippen LogP contribution in [0.2, 0.25) is 0 Å². The van der Waals surface area contributed by atoms with Crippen molar-refractivity contribution in [2.24, 2.45) is 5.92 Å². The number of hydrogen-bond acceptors (Lipinski definition) is 5. The van der Waals surface area contributed by atoms with Crippen LogP contribution in [-0.4, -0.2) is 23.6 Å². The maximum atomic E-state index is 11.0. The molecule has 1 aliphatic carbocycles. The second-order valence-electron chi connectivity index (χ2n) is 4.60. The molecule has 5 nitrogen and oxygen atoms in total. The molecule has 1 aromatic heterocycles. The van der Waals surface area contributed by atoms with Gasteiger partial charge in [-0.3, -0.25) is 10.1 Å². The normalized spacial score (nSPS) is 16.9. The lowest BCUT2D eigenvalue weighted by molar-refractivity contribution is -0.383. The number of nitro groups is 1. The molecule has 0 aromatic carbocycles. The van der Waals surface area contributed by atoms with Crippen molar-refractivity contribution >= 4 is 22.0 Å². The van der Waals surface area contributed by atoms with Crippen LogP contribution in [0, 0.1) is 16.0 Å². The molecule has 1 saturated carbocycles. The number of aliphatic hydroxyl groups excluding tert-OH is 1. The van der Waals surface area contributed by atoms with Gasteiger partial charge in [0.25, 0.3) is 0 Å². The van der Waals surface area contributed by atoms with E-state index in [1.165, 1.54) is 30.2 Å².